The van der Waals surface area contributed by atoms with E-state index in [4.69, 9.17) is 5.73 Å². The minimum atomic E-state index is -0.548. The van der Waals surface area contributed by atoms with Crippen molar-refractivity contribution in [3.63, 3.8) is 0 Å². The average molecular weight is 265 g/mol. The zero-order valence-electron chi connectivity index (χ0n) is 10.4. The third kappa shape index (κ3) is 2.39. The largest absolute Gasteiger partial charge is 0.366 e. The Morgan fingerprint density at radius 2 is 1.90 bits per heavy atom. The van der Waals surface area contributed by atoms with E-state index < -0.39 is 5.91 Å². The molecular weight excluding hydrogens is 254 g/mol. The molecule has 98 valence electrons. The number of carbonyl (C=O) groups excluding carboxylic acids is 1. The quantitative estimate of drug-likeness (QED) is 0.754. The van der Waals surface area contributed by atoms with E-state index in [2.05, 4.69) is 20.3 Å². The first kappa shape index (κ1) is 12.0. The Morgan fingerprint density at radius 3 is 2.65 bits per heavy atom. The third-order valence-corrected chi connectivity index (χ3v) is 2.80. The summed E-state index contributed by atoms with van der Waals surface area (Å²) in [6, 6.07) is 9.61. The molecule has 20 heavy (non-hydrogen) atoms. The monoisotopic (exact) mass is 265 g/mol. The number of aromatic nitrogens is 3. The van der Waals surface area contributed by atoms with E-state index in [1.807, 2.05) is 30.3 Å². The highest BCUT2D eigenvalue weighted by Crippen LogP contribution is 2.19. The lowest BCUT2D eigenvalue weighted by Crippen LogP contribution is -2.12. The van der Waals surface area contributed by atoms with Gasteiger partial charge in [0.1, 0.15) is 0 Å². The molecule has 3 aromatic rings. The maximum absolute atomic E-state index is 10.9. The highest BCUT2D eigenvalue weighted by molar-refractivity contribution is 5.92. The van der Waals surface area contributed by atoms with Gasteiger partial charge in [-0.25, -0.2) is 9.97 Å². The Labute approximate surface area is 114 Å². The van der Waals surface area contributed by atoms with Gasteiger partial charge in [-0.05, 0) is 24.3 Å². The number of rotatable bonds is 3. The molecule has 3 rings (SSSR count). The van der Waals surface area contributed by atoms with Crippen LogP contribution in [-0.4, -0.2) is 20.9 Å². The van der Waals surface area contributed by atoms with Gasteiger partial charge in [0, 0.05) is 29.7 Å². The van der Waals surface area contributed by atoms with E-state index in [9.17, 15) is 4.79 Å². The lowest BCUT2D eigenvalue weighted by Gasteiger charge is -2.05. The second-order valence-electron chi connectivity index (χ2n) is 4.20. The van der Waals surface area contributed by atoms with Gasteiger partial charge < -0.3 is 11.1 Å². The molecule has 3 N–H and O–H groups in total. The molecule has 0 atom stereocenters. The topological polar surface area (TPSA) is 93.8 Å². The van der Waals surface area contributed by atoms with E-state index in [-0.39, 0.29) is 5.56 Å². The van der Waals surface area contributed by atoms with Gasteiger partial charge in [0.15, 0.2) is 0 Å². The van der Waals surface area contributed by atoms with Crippen LogP contribution in [0.5, 0.6) is 0 Å². The smallest absolute Gasteiger partial charge is 0.251 e. The van der Waals surface area contributed by atoms with Crippen LogP contribution >= 0.6 is 0 Å². The number of hydrogen-bond acceptors (Lipinski definition) is 5. The van der Waals surface area contributed by atoms with Crippen molar-refractivity contribution in [2.45, 2.75) is 0 Å². The van der Waals surface area contributed by atoms with Crippen LogP contribution < -0.4 is 11.1 Å². The number of nitrogens with zero attached hydrogens (tertiary/aromatic N) is 3. The summed E-state index contributed by atoms with van der Waals surface area (Å²) in [5, 5.41) is 4.08. The summed E-state index contributed by atoms with van der Waals surface area (Å²) in [5.41, 5.74) is 7.17. The van der Waals surface area contributed by atoms with E-state index >= 15 is 0 Å². The first-order valence-corrected chi connectivity index (χ1v) is 5.96. The van der Waals surface area contributed by atoms with E-state index in [0.717, 1.165) is 16.6 Å². The van der Waals surface area contributed by atoms with Gasteiger partial charge >= 0.3 is 0 Å². The fourth-order valence-electron chi connectivity index (χ4n) is 1.80. The molecule has 6 heteroatoms. The van der Waals surface area contributed by atoms with Crippen molar-refractivity contribution in [2.24, 2.45) is 5.73 Å². The van der Waals surface area contributed by atoms with E-state index in [1.165, 1.54) is 12.4 Å². The van der Waals surface area contributed by atoms with Crippen LogP contribution in [0.4, 0.5) is 11.6 Å². The summed E-state index contributed by atoms with van der Waals surface area (Å²) < 4.78 is 0. The second-order valence-corrected chi connectivity index (χ2v) is 4.20. The first-order valence-electron chi connectivity index (χ1n) is 5.96. The number of amides is 1. The molecule has 0 saturated carbocycles. The lowest BCUT2D eigenvalue weighted by atomic mass is 10.2. The molecule has 0 spiro atoms. The summed E-state index contributed by atoms with van der Waals surface area (Å²) in [5.74, 6) is -0.147. The van der Waals surface area contributed by atoms with Gasteiger partial charge in [-0.2, -0.15) is 0 Å². The van der Waals surface area contributed by atoms with Crippen molar-refractivity contribution >= 4 is 28.4 Å². The fourth-order valence-corrected chi connectivity index (χ4v) is 1.80. The fraction of sp³-hybridized carbons (Fsp3) is 0. The minimum Gasteiger partial charge on any atom is -0.366 e. The summed E-state index contributed by atoms with van der Waals surface area (Å²) in [6.45, 7) is 0. The zero-order chi connectivity index (χ0) is 13.9. The van der Waals surface area contributed by atoms with Crippen molar-refractivity contribution < 1.29 is 4.79 Å². The summed E-state index contributed by atoms with van der Waals surface area (Å²) >= 11 is 0. The first-order chi connectivity index (χ1) is 9.72. The number of nitrogens with one attached hydrogen (secondary N) is 1. The Morgan fingerprint density at radius 1 is 1.10 bits per heavy atom. The van der Waals surface area contributed by atoms with Gasteiger partial charge in [0.2, 0.25) is 5.95 Å². The summed E-state index contributed by atoms with van der Waals surface area (Å²) in [4.78, 5) is 23.3. The standard InChI is InChI=1S/C14H11N5O/c15-13(20)10-7-17-14(18-8-10)19-11-3-4-12-9(6-11)2-1-5-16-12/h1-8H,(H2,15,20)(H,17,18,19). The van der Waals surface area contributed by atoms with Crippen molar-refractivity contribution in [2.75, 3.05) is 5.32 Å². The molecule has 0 aliphatic rings. The number of benzene rings is 1. The zero-order valence-corrected chi connectivity index (χ0v) is 10.4. The molecule has 2 heterocycles. The molecule has 0 radical (unpaired) electrons. The maximum Gasteiger partial charge on any atom is 0.251 e. The van der Waals surface area contributed by atoms with Gasteiger partial charge in [-0.3, -0.25) is 9.78 Å². The molecule has 1 amide bonds. The summed E-state index contributed by atoms with van der Waals surface area (Å²) in [6.07, 6.45) is 4.53. The van der Waals surface area contributed by atoms with Gasteiger partial charge in [0.05, 0.1) is 11.1 Å². The van der Waals surface area contributed by atoms with Gasteiger partial charge in [0.25, 0.3) is 5.91 Å². The van der Waals surface area contributed by atoms with Crippen LogP contribution in [0, 0.1) is 0 Å². The number of nitrogens with two attached hydrogens (primary N) is 1. The van der Waals surface area contributed by atoms with Crippen LogP contribution in [0.2, 0.25) is 0 Å². The maximum atomic E-state index is 10.9. The highest BCUT2D eigenvalue weighted by Gasteiger charge is 2.03. The van der Waals surface area contributed by atoms with Crippen LogP contribution in [0.15, 0.2) is 48.9 Å². The Bertz CT molecular complexity index is 770. The Hall–Kier alpha value is -3.02. The molecule has 0 saturated heterocycles. The van der Waals surface area contributed by atoms with Crippen molar-refractivity contribution in [1.29, 1.82) is 0 Å². The molecule has 0 unspecified atom stereocenters. The molecule has 1 aromatic carbocycles. The Balaban J connectivity index is 1.87. The van der Waals surface area contributed by atoms with Gasteiger partial charge in [-0.1, -0.05) is 6.07 Å². The van der Waals surface area contributed by atoms with Crippen molar-refractivity contribution in [3.05, 3.63) is 54.5 Å². The predicted octanol–water partition coefficient (Wildman–Crippen LogP) is 1.87. The number of pyridine rings is 1. The molecule has 6 nitrogen and oxygen atoms in total. The van der Waals surface area contributed by atoms with E-state index in [1.54, 1.807) is 6.20 Å². The number of fused-ring (bicyclic) bond motifs is 1. The molecule has 0 fully saturated rings. The van der Waals surface area contributed by atoms with Crippen LogP contribution in [0.3, 0.4) is 0 Å². The highest BCUT2D eigenvalue weighted by atomic mass is 16.1. The Kier molecular flexibility index (Phi) is 2.96. The molecule has 0 aliphatic heterocycles. The number of anilines is 2. The SMILES string of the molecule is NC(=O)c1cnc(Nc2ccc3ncccc3c2)nc1. The molecule has 0 bridgehead atoms. The minimum absolute atomic E-state index is 0.276. The third-order valence-electron chi connectivity index (χ3n) is 2.80. The van der Waals surface area contributed by atoms with Crippen molar-refractivity contribution in [3.8, 4) is 0 Å². The van der Waals surface area contributed by atoms with E-state index in [0.29, 0.717) is 5.95 Å². The predicted molar refractivity (Wildman–Crippen MR) is 75.6 cm³/mol. The number of primary amides is 1. The van der Waals surface area contributed by atoms with Crippen LogP contribution in [-0.2, 0) is 0 Å². The number of hydrogen-bond donors (Lipinski definition) is 2. The molecule has 2 aromatic heterocycles. The van der Waals surface area contributed by atoms with Crippen LogP contribution in [0.25, 0.3) is 10.9 Å². The molecular formula is C14H11N5O. The summed E-state index contributed by atoms with van der Waals surface area (Å²) in [7, 11) is 0. The molecule has 0 aliphatic carbocycles. The van der Waals surface area contributed by atoms with Crippen LogP contribution in [0.1, 0.15) is 10.4 Å². The van der Waals surface area contributed by atoms with Crippen molar-refractivity contribution in [1.82, 2.24) is 15.0 Å². The normalized spacial score (nSPS) is 10.4. The van der Waals surface area contributed by atoms with Gasteiger partial charge in [-0.15, -0.1) is 0 Å². The number of carbonyl (C=O) groups is 1. The lowest BCUT2D eigenvalue weighted by molar-refractivity contribution is 0.0999. The average Bonchev–Trinajstić information content (AvgIpc) is 2.48. The second kappa shape index (κ2) is 4.93.